The third-order valence-electron chi connectivity index (χ3n) is 1.12. The minimum absolute atomic E-state index is 0.0903. The second kappa shape index (κ2) is 3.32. The molecule has 0 N–H and O–H groups in total. The van der Waals surface area contributed by atoms with Crippen molar-refractivity contribution in [2.24, 2.45) is 0 Å². The highest BCUT2D eigenvalue weighted by molar-refractivity contribution is 5.23. The summed E-state index contributed by atoms with van der Waals surface area (Å²) in [7, 11) is 0. The fourth-order valence-corrected chi connectivity index (χ4v) is 0.694. The first-order valence-corrected chi connectivity index (χ1v) is 3.23. The van der Waals surface area contributed by atoms with Crippen LogP contribution in [0.5, 0.6) is 5.75 Å². The summed E-state index contributed by atoms with van der Waals surface area (Å²) in [4.78, 5) is 0. The van der Waals surface area contributed by atoms with Crippen molar-refractivity contribution in [3.8, 4) is 5.75 Å². The molecule has 0 atom stereocenters. The van der Waals surface area contributed by atoms with E-state index in [1.54, 1.807) is 6.92 Å². The van der Waals surface area contributed by atoms with Crippen molar-refractivity contribution < 1.29 is 13.5 Å². The molecule has 1 radical (unpaired) electrons. The van der Waals surface area contributed by atoms with Gasteiger partial charge in [-0.15, -0.1) is 0 Å². The SMILES string of the molecule is CCOc1cc(F)c[c]c1F. The van der Waals surface area contributed by atoms with Gasteiger partial charge in [0.2, 0.25) is 0 Å². The van der Waals surface area contributed by atoms with Crippen LogP contribution in [0.3, 0.4) is 0 Å². The summed E-state index contributed by atoms with van der Waals surface area (Å²) in [5, 5.41) is 0. The summed E-state index contributed by atoms with van der Waals surface area (Å²) in [6, 6.07) is 4.01. The molecule has 59 valence electrons. The number of hydrogen-bond donors (Lipinski definition) is 0. The van der Waals surface area contributed by atoms with Gasteiger partial charge in [0, 0.05) is 12.1 Å². The minimum Gasteiger partial charge on any atom is -0.491 e. The Kier molecular flexibility index (Phi) is 2.41. The van der Waals surface area contributed by atoms with Crippen molar-refractivity contribution in [3.63, 3.8) is 0 Å². The first-order chi connectivity index (χ1) is 5.24. The summed E-state index contributed by atoms with van der Waals surface area (Å²) in [6.45, 7) is 2.01. The van der Waals surface area contributed by atoms with E-state index in [2.05, 4.69) is 6.07 Å². The molecule has 0 saturated carbocycles. The van der Waals surface area contributed by atoms with Gasteiger partial charge in [-0.25, -0.2) is 8.78 Å². The molecule has 0 amide bonds. The van der Waals surface area contributed by atoms with Gasteiger partial charge in [0.05, 0.1) is 6.61 Å². The molecule has 0 bridgehead atoms. The highest BCUT2D eigenvalue weighted by atomic mass is 19.1. The van der Waals surface area contributed by atoms with E-state index >= 15 is 0 Å². The first-order valence-electron chi connectivity index (χ1n) is 3.23. The van der Waals surface area contributed by atoms with Crippen molar-refractivity contribution in [1.82, 2.24) is 0 Å². The molecule has 0 aliphatic carbocycles. The lowest BCUT2D eigenvalue weighted by molar-refractivity contribution is 0.319. The van der Waals surface area contributed by atoms with E-state index in [-0.39, 0.29) is 5.75 Å². The Morgan fingerprint density at radius 2 is 2.27 bits per heavy atom. The maximum atomic E-state index is 12.6. The lowest BCUT2D eigenvalue weighted by Gasteiger charge is -2.02. The monoisotopic (exact) mass is 157 g/mol. The molecule has 0 aliphatic rings. The van der Waals surface area contributed by atoms with Crippen LogP contribution in [0.15, 0.2) is 12.1 Å². The molecule has 0 aromatic heterocycles. The molecule has 1 rings (SSSR count). The molecule has 1 aromatic rings. The molecule has 0 fully saturated rings. The van der Waals surface area contributed by atoms with Gasteiger partial charge in [0.1, 0.15) is 5.82 Å². The van der Waals surface area contributed by atoms with Crippen LogP contribution in [0.2, 0.25) is 0 Å². The predicted molar refractivity (Wildman–Crippen MR) is 36.4 cm³/mol. The third kappa shape index (κ3) is 1.90. The van der Waals surface area contributed by atoms with Crippen molar-refractivity contribution in [3.05, 3.63) is 29.8 Å². The van der Waals surface area contributed by atoms with Gasteiger partial charge in [-0.1, -0.05) is 0 Å². The fourth-order valence-electron chi connectivity index (χ4n) is 0.694. The van der Waals surface area contributed by atoms with Crippen molar-refractivity contribution in [2.75, 3.05) is 6.61 Å². The van der Waals surface area contributed by atoms with Crippen LogP contribution in [0.4, 0.5) is 8.78 Å². The minimum atomic E-state index is -0.659. The predicted octanol–water partition coefficient (Wildman–Crippen LogP) is 2.16. The fraction of sp³-hybridized carbons (Fsp3) is 0.250. The Hall–Kier alpha value is -1.12. The highest BCUT2D eigenvalue weighted by Gasteiger charge is 2.03. The maximum absolute atomic E-state index is 12.6. The van der Waals surface area contributed by atoms with E-state index in [1.165, 1.54) is 0 Å². The Labute approximate surface area is 63.6 Å². The number of ether oxygens (including phenoxy) is 1. The molecule has 0 saturated heterocycles. The quantitative estimate of drug-likeness (QED) is 0.639. The zero-order valence-electron chi connectivity index (χ0n) is 6.03. The summed E-state index contributed by atoms with van der Waals surface area (Å²) in [5.74, 6) is -1.30. The van der Waals surface area contributed by atoms with Crippen LogP contribution < -0.4 is 4.74 Å². The molecular weight excluding hydrogens is 150 g/mol. The highest BCUT2D eigenvalue weighted by Crippen LogP contribution is 2.16. The topological polar surface area (TPSA) is 9.23 Å². The van der Waals surface area contributed by atoms with Gasteiger partial charge in [0.15, 0.2) is 11.6 Å². The van der Waals surface area contributed by atoms with Gasteiger partial charge < -0.3 is 4.74 Å². The Bertz CT molecular complexity index is 248. The van der Waals surface area contributed by atoms with Crippen LogP contribution >= 0.6 is 0 Å². The number of benzene rings is 1. The zero-order chi connectivity index (χ0) is 8.27. The number of rotatable bonds is 2. The maximum Gasteiger partial charge on any atom is 0.173 e. The summed E-state index contributed by atoms with van der Waals surface area (Å²) in [6.07, 6.45) is 0. The lowest BCUT2D eigenvalue weighted by Crippen LogP contribution is -1.94. The summed E-state index contributed by atoms with van der Waals surface area (Å²) < 4.78 is 29.8. The Morgan fingerprint density at radius 1 is 1.55 bits per heavy atom. The standard InChI is InChI=1S/C8H7F2O/c1-2-11-8-5-6(9)3-4-7(8)10/h3,5H,2H2,1H3. The second-order valence-corrected chi connectivity index (χ2v) is 1.93. The Morgan fingerprint density at radius 3 is 2.91 bits per heavy atom. The first kappa shape index (κ1) is 7.98. The summed E-state index contributed by atoms with van der Waals surface area (Å²) in [5.41, 5.74) is 0. The molecule has 0 unspecified atom stereocenters. The number of hydrogen-bond acceptors (Lipinski definition) is 1. The van der Waals surface area contributed by atoms with Gasteiger partial charge in [-0.05, 0) is 13.0 Å². The van der Waals surface area contributed by atoms with Crippen LogP contribution in [-0.2, 0) is 0 Å². The molecule has 1 aromatic carbocycles. The lowest BCUT2D eigenvalue weighted by atomic mass is 10.3. The van der Waals surface area contributed by atoms with Gasteiger partial charge in [0.25, 0.3) is 0 Å². The van der Waals surface area contributed by atoms with E-state index in [4.69, 9.17) is 4.74 Å². The van der Waals surface area contributed by atoms with Gasteiger partial charge in [-0.3, -0.25) is 0 Å². The van der Waals surface area contributed by atoms with E-state index in [0.717, 1.165) is 12.1 Å². The molecular formula is C8H7F2O. The van der Waals surface area contributed by atoms with E-state index in [9.17, 15) is 8.78 Å². The average Bonchev–Trinajstić information content (AvgIpc) is 1.98. The van der Waals surface area contributed by atoms with Crippen molar-refractivity contribution in [1.29, 1.82) is 0 Å². The largest absolute Gasteiger partial charge is 0.491 e. The van der Waals surface area contributed by atoms with E-state index in [0.29, 0.717) is 6.61 Å². The van der Waals surface area contributed by atoms with E-state index in [1.807, 2.05) is 0 Å². The second-order valence-electron chi connectivity index (χ2n) is 1.93. The van der Waals surface area contributed by atoms with Crippen LogP contribution in [0, 0.1) is 17.7 Å². The third-order valence-corrected chi connectivity index (χ3v) is 1.12. The molecule has 3 heteroatoms. The summed E-state index contributed by atoms with van der Waals surface area (Å²) >= 11 is 0. The van der Waals surface area contributed by atoms with Crippen LogP contribution in [-0.4, -0.2) is 6.61 Å². The normalized spacial score (nSPS) is 9.73. The number of halogens is 2. The molecule has 0 spiro atoms. The molecule has 0 heterocycles. The van der Waals surface area contributed by atoms with E-state index < -0.39 is 11.6 Å². The van der Waals surface area contributed by atoms with Crippen molar-refractivity contribution in [2.45, 2.75) is 6.92 Å². The smallest absolute Gasteiger partial charge is 0.173 e. The molecule has 1 nitrogen and oxygen atoms in total. The van der Waals surface area contributed by atoms with Crippen LogP contribution in [0.25, 0.3) is 0 Å². The average molecular weight is 157 g/mol. The van der Waals surface area contributed by atoms with Gasteiger partial charge >= 0.3 is 0 Å². The molecule has 0 aliphatic heterocycles. The van der Waals surface area contributed by atoms with Crippen molar-refractivity contribution >= 4 is 0 Å². The Balaban J connectivity index is 2.93. The molecule has 11 heavy (non-hydrogen) atoms. The zero-order valence-corrected chi connectivity index (χ0v) is 6.03. The van der Waals surface area contributed by atoms with Gasteiger partial charge in [-0.2, -0.15) is 0 Å². The van der Waals surface area contributed by atoms with Crippen LogP contribution in [0.1, 0.15) is 6.92 Å².